The van der Waals surface area contributed by atoms with Crippen LogP contribution in [0.4, 0.5) is 11.4 Å². The molecular weight excluding hydrogens is 306 g/mol. The van der Waals surface area contributed by atoms with Gasteiger partial charge in [-0.1, -0.05) is 30.3 Å². The zero-order valence-corrected chi connectivity index (χ0v) is 13.3. The van der Waals surface area contributed by atoms with Gasteiger partial charge in [-0.3, -0.25) is 19.8 Å². The molecule has 1 fully saturated rings. The lowest BCUT2D eigenvalue weighted by atomic mass is 10.1. The van der Waals surface area contributed by atoms with Crippen LogP contribution in [0.15, 0.2) is 48.5 Å². The summed E-state index contributed by atoms with van der Waals surface area (Å²) in [5.74, 6) is 0. The second-order valence-electron chi connectivity index (χ2n) is 5.87. The maximum absolute atomic E-state index is 11.2. The van der Waals surface area contributed by atoms with E-state index in [0.717, 1.165) is 39.0 Å². The number of hydrogen-bond acceptors (Lipinski definition) is 5. The van der Waals surface area contributed by atoms with Crippen LogP contribution in [-0.4, -0.2) is 42.3 Å². The fraction of sp³-hybridized carbons (Fsp3) is 0.278. The van der Waals surface area contributed by atoms with Gasteiger partial charge in [0.25, 0.3) is 5.69 Å². The number of hydrogen-bond donors (Lipinski definition) is 0. The van der Waals surface area contributed by atoms with E-state index in [0.29, 0.717) is 11.3 Å². The zero-order chi connectivity index (χ0) is 16.9. The number of piperazine rings is 1. The van der Waals surface area contributed by atoms with Crippen molar-refractivity contribution in [2.45, 2.75) is 6.54 Å². The summed E-state index contributed by atoms with van der Waals surface area (Å²) >= 11 is 0. The summed E-state index contributed by atoms with van der Waals surface area (Å²) in [4.78, 5) is 26.2. The molecule has 1 heterocycles. The quantitative estimate of drug-likeness (QED) is 0.480. The molecule has 0 spiro atoms. The summed E-state index contributed by atoms with van der Waals surface area (Å²) < 4.78 is 0. The lowest BCUT2D eigenvalue weighted by Crippen LogP contribution is -2.46. The van der Waals surface area contributed by atoms with Gasteiger partial charge in [0, 0.05) is 50.4 Å². The standard InChI is InChI=1S/C18H19N3O3/c22-14-16-6-7-17(21(23)24)12-18(16)20-10-8-19(9-11-20)13-15-4-2-1-3-5-15/h1-7,12,14H,8-11,13H2. The molecule has 0 saturated carbocycles. The van der Waals surface area contributed by atoms with Gasteiger partial charge in [0.1, 0.15) is 0 Å². The first-order valence-electron chi connectivity index (χ1n) is 7.92. The van der Waals surface area contributed by atoms with E-state index in [1.54, 1.807) is 0 Å². The molecule has 0 aromatic heterocycles. The van der Waals surface area contributed by atoms with Crippen LogP contribution in [0.5, 0.6) is 0 Å². The van der Waals surface area contributed by atoms with Crippen LogP contribution < -0.4 is 4.90 Å². The number of rotatable bonds is 5. The number of non-ortho nitro benzene ring substituents is 1. The molecule has 1 aliphatic heterocycles. The van der Waals surface area contributed by atoms with Gasteiger partial charge < -0.3 is 4.90 Å². The predicted octanol–water partition coefficient (Wildman–Crippen LogP) is 2.73. The molecule has 0 aliphatic carbocycles. The molecule has 6 nitrogen and oxygen atoms in total. The fourth-order valence-corrected chi connectivity index (χ4v) is 3.01. The Bertz CT molecular complexity index is 726. The predicted molar refractivity (Wildman–Crippen MR) is 92.4 cm³/mol. The summed E-state index contributed by atoms with van der Waals surface area (Å²) in [5.41, 5.74) is 2.44. The normalized spacial score (nSPS) is 15.2. The van der Waals surface area contributed by atoms with E-state index in [9.17, 15) is 14.9 Å². The Labute approximate surface area is 140 Å². The van der Waals surface area contributed by atoms with Crippen LogP contribution in [0.1, 0.15) is 15.9 Å². The van der Waals surface area contributed by atoms with Crippen molar-refractivity contribution in [3.8, 4) is 0 Å². The van der Waals surface area contributed by atoms with E-state index in [2.05, 4.69) is 21.9 Å². The molecular formula is C18H19N3O3. The van der Waals surface area contributed by atoms with E-state index >= 15 is 0 Å². The summed E-state index contributed by atoms with van der Waals surface area (Å²) in [6.07, 6.45) is 0.759. The molecule has 124 valence electrons. The smallest absolute Gasteiger partial charge is 0.271 e. The van der Waals surface area contributed by atoms with Crippen LogP contribution in [0, 0.1) is 10.1 Å². The van der Waals surface area contributed by atoms with Crippen molar-refractivity contribution in [1.82, 2.24) is 4.90 Å². The Morgan fingerprint density at radius 3 is 2.38 bits per heavy atom. The van der Waals surface area contributed by atoms with Gasteiger partial charge in [-0.2, -0.15) is 0 Å². The molecule has 3 rings (SSSR count). The summed E-state index contributed by atoms with van der Waals surface area (Å²) in [6.45, 7) is 4.10. The first kappa shape index (κ1) is 16.1. The number of carbonyl (C=O) groups excluding carboxylic acids is 1. The molecule has 0 amide bonds. The van der Waals surface area contributed by atoms with E-state index in [1.165, 1.54) is 23.8 Å². The van der Waals surface area contributed by atoms with Crippen LogP contribution >= 0.6 is 0 Å². The topological polar surface area (TPSA) is 66.7 Å². The van der Waals surface area contributed by atoms with Gasteiger partial charge in [-0.15, -0.1) is 0 Å². The third-order valence-corrected chi connectivity index (χ3v) is 4.31. The van der Waals surface area contributed by atoms with Gasteiger partial charge >= 0.3 is 0 Å². The molecule has 0 bridgehead atoms. The molecule has 24 heavy (non-hydrogen) atoms. The van der Waals surface area contributed by atoms with E-state index in [-0.39, 0.29) is 5.69 Å². The molecule has 0 N–H and O–H groups in total. The molecule has 0 unspecified atom stereocenters. The lowest BCUT2D eigenvalue weighted by Gasteiger charge is -2.36. The second kappa shape index (κ2) is 7.23. The Hall–Kier alpha value is -2.73. The Morgan fingerprint density at radius 2 is 1.75 bits per heavy atom. The van der Waals surface area contributed by atoms with Crippen LogP contribution in [0.2, 0.25) is 0 Å². The largest absolute Gasteiger partial charge is 0.368 e. The summed E-state index contributed by atoms with van der Waals surface area (Å²) in [7, 11) is 0. The van der Waals surface area contributed by atoms with Gasteiger partial charge in [0.15, 0.2) is 6.29 Å². The molecule has 1 aliphatic rings. The average Bonchev–Trinajstić information content (AvgIpc) is 2.62. The first-order valence-corrected chi connectivity index (χ1v) is 7.92. The molecule has 0 radical (unpaired) electrons. The van der Waals surface area contributed by atoms with E-state index in [1.807, 2.05) is 18.2 Å². The highest BCUT2D eigenvalue weighted by Crippen LogP contribution is 2.26. The molecule has 0 atom stereocenters. The number of anilines is 1. The minimum atomic E-state index is -0.427. The van der Waals surface area contributed by atoms with Crippen molar-refractivity contribution in [3.63, 3.8) is 0 Å². The SMILES string of the molecule is O=Cc1ccc([N+](=O)[O-])cc1N1CCN(Cc2ccccc2)CC1. The second-order valence-corrected chi connectivity index (χ2v) is 5.87. The zero-order valence-electron chi connectivity index (χ0n) is 13.3. The maximum Gasteiger partial charge on any atom is 0.271 e. The highest BCUT2D eigenvalue weighted by molar-refractivity contribution is 5.85. The number of benzene rings is 2. The fourth-order valence-electron chi connectivity index (χ4n) is 3.01. The van der Waals surface area contributed by atoms with Gasteiger partial charge in [0.05, 0.1) is 10.6 Å². The minimum Gasteiger partial charge on any atom is -0.368 e. The highest BCUT2D eigenvalue weighted by atomic mass is 16.6. The van der Waals surface area contributed by atoms with E-state index in [4.69, 9.17) is 0 Å². The average molecular weight is 325 g/mol. The van der Waals surface area contributed by atoms with Crippen LogP contribution in [0.3, 0.4) is 0 Å². The minimum absolute atomic E-state index is 0.0160. The number of nitro benzene ring substituents is 1. The van der Waals surface area contributed by atoms with Gasteiger partial charge in [-0.25, -0.2) is 0 Å². The molecule has 2 aromatic carbocycles. The number of carbonyl (C=O) groups is 1. The maximum atomic E-state index is 11.2. The van der Waals surface area contributed by atoms with Crippen molar-refractivity contribution >= 4 is 17.7 Å². The third kappa shape index (κ3) is 3.60. The Kier molecular flexibility index (Phi) is 4.86. The Morgan fingerprint density at radius 1 is 1.04 bits per heavy atom. The van der Waals surface area contributed by atoms with Gasteiger partial charge in [0.2, 0.25) is 0 Å². The first-order chi connectivity index (χ1) is 11.7. The Balaban J connectivity index is 1.69. The van der Waals surface area contributed by atoms with Crippen molar-refractivity contribution in [2.24, 2.45) is 0 Å². The van der Waals surface area contributed by atoms with Crippen molar-refractivity contribution < 1.29 is 9.72 Å². The third-order valence-electron chi connectivity index (χ3n) is 4.31. The monoisotopic (exact) mass is 325 g/mol. The highest BCUT2D eigenvalue weighted by Gasteiger charge is 2.21. The van der Waals surface area contributed by atoms with Crippen molar-refractivity contribution in [3.05, 3.63) is 69.8 Å². The lowest BCUT2D eigenvalue weighted by molar-refractivity contribution is -0.384. The van der Waals surface area contributed by atoms with Crippen molar-refractivity contribution in [1.29, 1.82) is 0 Å². The number of nitrogens with zero attached hydrogens (tertiary/aromatic N) is 3. The number of aldehydes is 1. The summed E-state index contributed by atoms with van der Waals surface area (Å²) in [5, 5.41) is 11.0. The molecule has 1 saturated heterocycles. The number of nitro groups is 1. The van der Waals surface area contributed by atoms with Gasteiger partial charge in [-0.05, 0) is 11.6 Å². The van der Waals surface area contributed by atoms with E-state index < -0.39 is 4.92 Å². The van der Waals surface area contributed by atoms with Crippen LogP contribution in [-0.2, 0) is 6.54 Å². The summed E-state index contributed by atoms with van der Waals surface area (Å²) in [6, 6.07) is 14.7. The molecule has 2 aromatic rings. The van der Waals surface area contributed by atoms with Crippen LogP contribution in [0.25, 0.3) is 0 Å². The van der Waals surface area contributed by atoms with Crippen molar-refractivity contribution in [2.75, 3.05) is 31.1 Å². The molecule has 6 heteroatoms.